The summed E-state index contributed by atoms with van der Waals surface area (Å²) in [5.41, 5.74) is -0.182. The Kier molecular flexibility index (Phi) is 1.84. The molecule has 66 valence electrons. The summed E-state index contributed by atoms with van der Waals surface area (Å²) in [7, 11) is 0. The lowest BCUT2D eigenvalue weighted by Crippen LogP contribution is -2.26. The number of nitrogens with zero attached hydrogens (tertiary/aromatic N) is 1. The van der Waals surface area contributed by atoms with Crippen molar-refractivity contribution in [2.24, 2.45) is 0 Å². The van der Waals surface area contributed by atoms with Crippen LogP contribution in [0, 0.1) is 0 Å². The summed E-state index contributed by atoms with van der Waals surface area (Å²) in [6, 6.07) is 7.34. The van der Waals surface area contributed by atoms with Gasteiger partial charge in [-0.1, -0.05) is 22.0 Å². The van der Waals surface area contributed by atoms with Crippen LogP contribution in [-0.4, -0.2) is 4.68 Å². The standard InChI is InChI=1S/C9H7BrN2O/c10-7-2-1-6-3-4-12(11)9(13)8(6)5-7/h1-5H,11H2. The second-order valence-electron chi connectivity index (χ2n) is 2.76. The first-order chi connectivity index (χ1) is 6.18. The summed E-state index contributed by atoms with van der Waals surface area (Å²) in [6.07, 6.45) is 1.55. The smallest absolute Gasteiger partial charge is 0.276 e. The minimum absolute atomic E-state index is 0.182. The largest absolute Gasteiger partial charge is 0.336 e. The number of aromatic nitrogens is 1. The molecule has 13 heavy (non-hydrogen) atoms. The molecule has 2 rings (SSSR count). The van der Waals surface area contributed by atoms with Gasteiger partial charge in [-0.3, -0.25) is 4.79 Å². The normalized spacial score (nSPS) is 10.5. The Morgan fingerprint density at radius 2 is 2.08 bits per heavy atom. The molecule has 2 aromatic rings. The van der Waals surface area contributed by atoms with E-state index in [1.54, 1.807) is 12.3 Å². The highest BCUT2D eigenvalue weighted by atomic mass is 79.9. The number of nitrogen functional groups attached to an aromatic ring is 1. The van der Waals surface area contributed by atoms with Crippen LogP contribution in [0.5, 0.6) is 0 Å². The van der Waals surface area contributed by atoms with Gasteiger partial charge in [0.25, 0.3) is 5.56 Å². The fourth-order valence-corrected chi connectivity index (χ4v) is 1.59. The Bertz CT molecular complexity index is 513. The third-order valence-electron chi connectivity index (χ3n) is 1.89. The minimum Gasteiger partial charge on any atom is -0.336 e. The van der Waals surface area contributed by atoms with Crippen molar-refractivity contribution >= 4 is 26.7 Å². The van der Waals surface area contributed by atoms with Crippen LogP contribution in [0.25, 0.3) is 10.8 Å². The minimum atomic E-state index is -0.182. The van der Waals surface area contributed by atoms with E-state index in [9.17, 15) is 4.79 Å². The van der Waals surface area contributed by atoms with Gasteiger partial charge in [-0.25, -0.2) is 4.68 Å². The first-order valence-electron chi connectivity index (χ1n) is 3.74. The zero-order valence-electron chi connectivity index (χ0n) is 6.70. The number of halogens is 1. The quantitative estimate of drug-likeness (QED) is 0.708. The third-order valence-corrected chi connectivity index (χ3v) is 2.39. The molecule has 1 aromatic carbocycles. The molecule has 0 aliphatic carbocycles. The molecular weight excluding hydrogens is 232 g/mol. The molecular formula is C9H7BrN2O. The molecule has 0 bridgehead atoms. The van der Waals surface area contributed by atoms with Gasteiger partial charge in [-0.05, 0) is 23.6 Å². The van der Waals surface area contributed by atoms with E-state index in [0.717, 1.165) is 14.5 Å². The monoisotopic (exact) mass is 238 g/mol. The lowest BCUT2D eigenvalue weighted by molar-refractivity contribution is 0.953. The number of hydrogen-bond donors (Lipinski definition) is 1. The van der Waals surface area contributed by atoms with Crippen molar-refractivity contribution in [2.75, 3.05) is 5.84 Å². The van der Waals surface area contributed by atoms with Gasteiger partial charge in [0, 0.05) is 10.7 Å². The lowest BCUT2D eigenvalue weighted by Gasteiger charge is -2.00. The number of pyridine rings is 1. The Hall–Kier alpha value is -1.29. The summed E-state index contributed by atoms with van der Waals surface area (Å²) >= 11 is 3.30. The van der Waals surface area contributed by atoms with Gasteiger partial charge in [0.15, 0.2) is 0 Å². The van der Waals surface area contributed by atoms with E-state index in [0.29, 0.717) is 5.39 Å². The van der Waals surface area contributed by atoms with E-state index >= 15 is 0 Å². The van der Waals surface area contributed by atoms with Crippen molar-refractivity contribution < 1.29 is 0 Å². The summed E-state index contributed by atoms with van der Waals surface area (Å²) in [6.45, 7) is 0. The average Bonchev–Trinajstić information content (AvgIpc) is 2.12. The van der Waals surface area contributed by atoms with Crippen molar-refractivity contribution in [2.45, 2.75) is 0 Å². The molecule has 1 aromatic heterocycles. The van der Waals surface area contributed by atoms with Crippen molar-refractivity contribution in [1.29, 1.82) is 0 Å². The molecule has 0 saturated carbocycles. The van der Waals surface area contributed by atoms with Crippen molar-refractivity contribution in [3.63, 3.8) is 0 Å². The Morgan fingerprint density at radius 3 is 2.85 bits per heavy atom. The topological polar surface area (TPSA) is 48.0 Å². The Balaban J connectivity index is 2.97. The van der Waals surface area contributed by atoms with E-state index in [1.807, 2.05) is 18.2 Å². The molecule has 0 aliphatic rings. The van der Waals surface area contributed by atoms with Crippen LogP contribution in [-0.2, 0) is 0 Å². The molecule has 1 heterocycles. The highest BCUT2D eigenvalue weighted by Crippen LogP contribution is 2.15. The molecule has 3 nitrogen and oxygen atoms in total. The Labute approximate surface area is 82.9 Å². The number of fused-ring (bicyclic) bond motifs is 1. The predicted octanol–water partition coefficient (Wildman–Crippen LogP) is 1.48. The van der Waals surface area contributed by atoms with Crippen LogP contribution in [0.1, 0.15) is 0 Å². The van der Waals surface area contributed by atoms with Crippen LogP contribution < -0.4 is 11.4 Å². The second kappa shape index (κ2) is 2.88. The van der Waals surface area contributed by atoms with E-state index in [-0.39, 0.29) is 5.56 Å². The van der Waals surface area contributed by atoms with Crippen LogP contribution >= 0.6 is 15.9 Å². The summed E-state index contributed by atoms with van der Waals surface area (Å²) < 4.78 is 1.96. The maximum Gasteiger partial charge on any atom is 0.276 e. The number of rotatable bonds is 0. The van der Waals surface area contributed by atoms with Gasteiger partial charge >= 0.3 is 0 Å². The third kappa shape index (κ3) is 1.33. The fourth-order valence-electron chi connectivity index (χ4n) is 1.23. The van der Waals surface area contributed by atoms with Crippen LogP contribution in [0.2, 0.25) is 0 Å². The van der Waals surface area contributed by atoms with Gasteiger partial charge in [-0.2, -0.15) is 0 Å². The molecule has 0 aliphatic heterocycles. The van der Waals surface area contributed by atoms with Crippen LogP contribution in [0.15, 0.2) is 39.7 Å². The number of hydrogen-bond acceptors (Lipinski definition) is 2. The van der Waals surface area contributed by atoms with Gasteiger partial charge in [0.05, 0.1) is 5.39 Å². The molecule has 0 fully saturated rings. The van der Waals surface area contributed by atoms with Crippen molar-refractivity contribution in [3.05, 3.63) is 45.3 Å². The highest BCUT2D eigenvalue weighted by molar-refractivity contribution is 9.10. The molecule has 0 atom stereocenters. The predicted molar refractivity (Wildman–Crippen MR) is 56.1 cm³/mol. The van der Waals surface area contributed by atoms with Gasteiger partial charge in [0.1, 0.15) is 0 Å². The lowest BCUT2D eigenvalue weighted by atomic mass is 10.2. The zero-order chi connectivity index (χ0) is 9.42. The SMILES string of the molecule is Nn1ccc2ccc(Br)cc2c1=O. The Morgan fingerprint density at radius 1 is 1.31 bits per heavy atom. The number of nitrogens with two attached hydrogens (primary N) is 1. The van der Waals surface area contributed by atoms with E-state index in [1.165, 1.54) is 0 Å². The molecule has 0 unspecified atom stereocenters. The van der Waals surface area contributed by atoms with Gasteiger partial charge in [0.2, 0.25) is 0 Å². The van der Waals surface area contributed by atoms with Gasteiger partial charge in [-0.15, -0.1) is 0 Å². The summed E-state index contributed by atoms with van der Waals surface area (Å²) in [5.74, 6) is 5.42. The first kappa shape index (κ1) is 8.31. The molecule has 0 amide bonds. The fraction of sp³-hybridized carbons (Fsp3) is 0. The van der Waals surface area contributed by atoms with Crippen LogP contribution in [0.3, 0.4) is 0 Å². The second-order valence-corrected chi connectivity index (χ2v) is 3.68. The maximum atomic E-state index is 11.5. The molecule has 0 spiro atoms. The van der Waals surface area contributed by atoms with E-state index in [4.69, 9.17) is 5.84 Å². The van der Waals surface area contributed by atoms with Gasteiger partial charge < -0.3 is 5.84 Å². The summed E-state index contributed by atoms with van der Waals surface area (Å²) in [5, 5.41) is 1.52. The van der Waals surface area contributed by atoms with E-state index < -0.39 is 0 Å². The molecule has 0 saturated heterocycles. The first-order valence-corrected chi connectivity index (χ1v) is 4.54. The van der Waals surface area contributed by atoms with Crippen molar-refractivity contribution in [3.8, 4) is 0 Å². The van der Waals surface area contributed by atoms with Crippen molar-refractivity contribution in [1.82, 2.24) is 4.68 Å². The molecule has 0 radical (unpaired) electrons. The van der Waals surface area contributed by atoms with E-state index in [2.05, 4.69) is 15.9 Å². The highest BCUT2D eigenvalue weighted by Gasteiger charge is 2.00. The number of benzene rings is 1. The molecule has 2 N–H and O–H groups in total. The zero-order valence-corrected chi connectivity index (χ0v) is 8.28. The van der Waals surface area contributed by atoms with Crippen LogP contribution in [0.4, 0.5) is 0 Å². The average molecular weight is 239 g/mol. The summed E-state index contributed by atoms with van der Waals surface area (Å²) in [4.78, 5) is 11.5. The molecule has 4 heteroatoms. The maximum absolute atomic E-state index is 11.5.